The molecule has 6 nitrogen and oxygen atoms in total. The molecule has 1 heterocycles. The van der Waals surface area contributed by atoms with Crippen LogP contribution in [0.5, 0.6) is 0 Å². The molecule has 27 heavy (non-hydrogen) atoms. The molecule has 0 amide bonds. The summed E-state index contributed by atoms with van der Waals surface area (Å²) in [4.78, 5) is 2.35. The molecule has 1 N–H and O–H groups in total. The molecule has 0 unspecified atom stereocenters. The van der Waals surface area contributed by atoms with Crippen LogP contribution in [0.3, 0.4) is 0 Å². The Balaban J connectivity index is 1.48. The number of rotatable bonds is 9. The van der Waals surface area contributed by atoms with Crippen molar-refractivity contribution < 1.29 is 8.42 Å². The summed E-state index contributed by atoms with van der Waals surface area (Å²) in [5.41, 5.74) is 2.07. The van der Waals surface area contributed by atoms with Gasteiger partial charge in [0, 0.05) is 13.1 Å². The number of benzene rings is 2. The third-order valence-electron chi connectivity index (χ3n) is 4.19. The second kappa shape index (κ2) is 8.94. The summed E-state index contributed by atoms with van der Waals surface area (Å²) in [6.07, 6.45) is 3.63. The maximum absolute atomic E-state index is 12.4. The molecule has 2 aromatic carbocycles. The van der Waals surface area contributed by atoms with Gasteiger partial charge in [0.1, 0.15) is 4.90 Å². The smallest absolute Gasteiger partial charge is 0.243 e. The second-order valence-corrected chi connectivity index (χ2v) is 8.20. The molecule has 0 aliphatic rings. The molecule has 1 aromatic heterocycles. The number of nitrogens with one attached hydrogen (secondary N) is 1. The van der Waals surface area contributed by atoms with Crippen molar-refractivity contribution in [2.75, 3.05) is 20.1 Å². The van der Waals surface area contributed by atoms with E-state index in [4.69, 9.17) is 0 Å². The van der Waals surface area contributed by atoms with Gasteiger partial charge >= 0.3 is 0 Å². The molecule has 7 heteroatoms. The quantitative estimate of drug-likeness (QED) is 0.576. The summed E-state index contributed by atoms with van der Waals surface area (Å²) < 4.78 is 29.1. The Kier molecular flexibility index (Phi) is 6.39. The van der Waals surface area contributed by atoms with Gasteiger partial charge in [0.2, 0.25) is 10.0 Å². The zero-order valence-electron chi connectivity index (χ0n) is 15.3. The van der Waals surface area contributed by atoms with Crippen molar-refractivity contribution in [2.45, 2.75) is 17.9 Å². The molecule has 0 atom stereocenters. The first-order valence-electron chi connectivity index (χ1n) is 8.87. The summed E-state index contributed by atoms with van der Waals surface area (Å²) >= 11 is 0. The Morgan fingerprint density at radius 3 is 2.41 bits per heavy atom. The number of nitrogens with zero attached hydrogens (tertiary/aromatic N) is 3. The molecular formula is C20H24N4O2S. The van der Waals surface area contributed by atoms with Crippen LogP contribution in [-0.4, -0.2) is 43.2 Å². The van der Waals surface area contributed by atoms with Gasteiger partial charge < -0.3 is 4.90 Å². The zero-order valence-corrected chi connectivity index (χ0v) is 16.1. The van der Waals surface area contributed by atoms with Gasteiger partial charge in [0.05, 0.1) is 18.1 Å². The molecule has 0 spiro atoms. The van der Waals surface area contributed by atoms with Crippen molar-refractivity contribution in [3.8, 4) is 5.69 Å². The Bertz CT molecular complexity index is 940. The van der Waals surface area contributed by atoms with E-state index in [0.717, 1.165) is 25.2 Å². The topological polar surface area (TPSA) is 67.2 Å². The van der Waals surface area contributed by atoms with Gasteiger partial charge in [0.25, 0.3) is 0 Å². The highest BCUT2D eigenvalue weighted by Crippen LogP contribution is 2.12. The molecule has 142 valence electrons. The number of aromatic nitrogens is 2. The number of hydrogen-bond donors (Lipinski definition) is 1. The van der Waals surface area contributed by atoms with Gasteiger partial charge in [-0.3, -0.25) is 0 Å². The van der Waals surface area contributed by atoms with Crippen molar-refractivity contribution >= 4 is 10.0 Å². The fraction of sp³-hybridized carbons (Fsp3) is 0.250. The first kappa shape index (κ1) is 19.3. The van der Waals surface area contributed by atoms with Gasteiger partial charge in [-0.25, -0.2) is 17.8 Å². The van der Waals surface area contributed by atoms with Crippen LogP contribution < -0.4 is 4.72 Å². The third kappa shape index (κ3) is 5.50. The largest absolute Gasteiger partial charge is 0.302 e. The van der Waals surface area contributed by atoms with E-state index < -0.39 is 10.0 Å². The predicted octanol–water partition coefficient (Wildman–Crippen LogP) is 2.67. The molecule has 0 bridgehead atoms. The van der Waals surface area contributed by atoms with Crippen LogP contribution in [0, 0.1) is 0 Å². The SMILES string of the molecule is CN(CCCNS(=O)(=O)c1cnn(-c2ccccc2)c1)Cc1ccccc1. The van der Waals surface area contributed by atoms with Crippen LogP contribution in [0.25, 0.3) is 5.69 Å². The van der Waals surface area contributed by atoms with E-state index in [1.807, 2.05) is 55.6 Å². The standard InChI is InChI=1S/C20H24N4O2S/c1-23(16-18-9-4-2-5-10-18)14-8-13-22-27(25,26)20-15-21-24(17-20)19-11-6-3-7-12-19/h2-7,9-12,15,17,22H,8,13-14,16H2,1H3. The summed E-state index contributed by atoms with van der Waals surface area (Å²) in [7, 11) is -1.52. The van der Waals surface area contributed by atoms with E-state index >= 15 is 0 Å². The van der Waals surface area contributed by atoms with Gasteiger partial charge in [-0.15, -0.1) is 0 Å². The predicted molar refractivity (Wildman–Crippen MR) is 106 cm³/mol. The summed E-state index contributed by atoms with van der Waals surface area (Å²) in [5.74, 6) is 0. The molecule has 0 saturated carbocycles. The number of sulfonamides is 1. The number of hydrogen-bond acceptors (Lipinski definition) is 4. The van der Waals surface area contributed by atoms with Crippen LogP contribution >= 0.6 is 0 Å². The van der Waals surface area contributed by atoms with Crippen LogP contribution in [0.1, 0.15) is 12.0 Å². The molecule has 0 aliphatic carbocycles. The lowest BCUT2D eigenvalue weighted by atomic mass is 10.2. The fourth-order valence-electron chi connectivity index (χ4n) is 2.78. The summed E-state index contributed by atoms with van der Waals surface area (Å²) in [6.45, 7) is 2.04. The average molecular weight is 385 g/mol. The molecule has 0 aliphatic heterocycles. The monoisotopic (exact) mass is 384 g/mol. The van der Waals surface area contributed by atoms with E-state index in [1.54, 1.807) is 4.68 Å². The molecule has 0 radical (unpaired) electrons. The first-order chi connectivity index (χ1) is 13.0. The molecule has 3 rings (SSSR count). The highest BCUT2D eigenvalue weighted by Gasteiger charge is 2.16. The van der Waals surface area contributed by atoms with E-state index in [-0.39, 0.29) is 4.90 Å². The van der Waals surface area contributed by atoms with Crippen molar-refractivity contribution in [3.05, 3.63) is 78.6 Å². The van der Waals surface area contributed by atoms with Crippen LogP contribution in [0.15, 0.2) is 78.0 Å². The Labute approximate surface area is 160 Å². The summed E-state index contributed by atoms with van der Waals surface area (Å²) in [6, 6.07) is 19.6. The Morgan fingerprint density at radius 1 is 1.04 bits per heavy atom. The minimum Gasteiger partial charge on any atom is -0.302 e. The van der Waals surface area contributed by atoms with Crippen LogP contribution in [0.4, 0.5) is 0 Å². The van der Waals surface area contributed by atoms with E-state index in [2.05, 4.69) is 26.9 Å². The fourth-order valence-corrected chi connectivity index (χ4v) is 3.78. The highest BCUT2D eigenvalue weighted by atomic mass is 32.2. The zero-order chi connectivity index (χ0) is 19.1. The van der Waals surface area contributed by atoms with Gasteiger partial charge in [-0.1, -0.05) is 48.5 Å². The van der Waals surface area contributed by atoms with Crippen LogP contribution in [-0.2, 0) is 16.6 Å². The molecule has 3 aromatic rings. The molecular weight excluding hydrogens is 360 g/mol. The molecule has 0 saturated heterocycles. The van der Waals surface area contributed by atoms with E-state index in [9.17, 15) is 8.42 Å². The Hall–Kier alpha value is -2.48. The van der Waals surface area contributed by atoms with Crippen molar-refractivity contribution in [1.29, 1.82) is 0 Å². The van der Waals surface area contributed by atoms with Crippen LogP contribution in [0.2, 0.25) is 0 Å². The highest BCUT2D eigenvalue weighted by molar-refractivity contribution is 7.89. The van der Waals surface area contributed by atoms with E-state index in [1.165, 1.54) is 18.0 Å². The van der Waals surface area contributed by atoms with Crippen molar-refractivity contribution in [3.63, 3.8) is 0 Å². The summed E-state index contributed by atoms with van der Waals surface area (Å²) in [5, 5.41) is 4.15. The maximum Gasteiger partial charge on any atom is 0.243 e. The minimum atomic E-state index is -3.56. The van der Waals surface area contributed by atoms with Crippen molar-refractivity contribution in [1.82, 2.24) is 19.4 Å². The lowest BCUT2D eigenvalue weighted by Gasteiger charge is -2.16. The van der Waals surface area contributed by atoms with Gasteiger partial charge in [-0.2, -0.15) is 5.10 Å². The number of para-hydroxylation sites is 1. The van der Waals surface area contributed by atoms with Crippen molar-refractivity contribution in [2.24, 2.45) is 0 Å². The third-order valence-corrected chi connectivity index (χ3v) is 5.61. The first-order valence-corrected chi connectivity index (χ1v) is 10.4. The lowest BCUT2D eigenvalue weighted by molar-refractivity contribution is 0.322. The van der Waals surface area contributed by atoms with E-state index in [0.29, 0.717) is 6.54 Å². The maximum atomic E-state index is 12.4. The minimum absolute atomic E-state index is 0.170. The van der Waals surface area contributed by atoms with Gasteiger partial charge in [0.15, 0.2) is 0 Å². The Morgan fingerprint density at radius 2 is 1.70 bits per heavy atom. The lowest BCUT2D eigenvalue weighted by Crippen LogP contribution is -2.28. The average Bonchev–Trinajstić information content (AvgIpc) is 3.18. The normalized spacial score (nSPS) is 11.8. The molecule has 0 fully saturated rings. The second-order valence-electron chi connectivity index (χ2n) is 6.43. The van der Waals surface area contributed by atoms with Gasteiger partial charge in [-0.05, 0) is 37.7 Å².